The van der Waals surface area contributed by atoms with E-state index in [0.29, 0.717) is 6.54 Å². The number of nitrogens with zero attached hydrogens (tertiary/aromatic N) is 2. The van der Waals surface area contributed by atoms with Gasteiger partial charge in [-0.1, -0.05) is 20.3 Å². The Morgan fingerprint density at radius 2 is 2.43 bits per heavy atom. The number of fused-ring (bicyclic) bond motifs is 1. The van der Waals surface area contributed by atoms with Crippen molar-refractivity contribution in [1.82, 2.24) is 15.1 Å². The molecule has 6 heteroatoms. The number of aromatic nitrogens is 2. The van der Waals surface area contributed by atoms with Gasteiger partial charge in [-0.3, -0.25) is 9.48 Å². The van der Waals surface area contributed by atoms with Crippen molar-refractivity contribution in [2.24, 2.45) is 11.7 Å². The van der Waals surface area contributed by atoms with Gasteiger partial charge in [0.15, 0.2) is 0 Å². The summed E-state index contributed by atoms with van der Waals surface area (Å²) in [4.78, 5) is 12.3. The molecule has 3 atom stereocenters. The predicted octanol–water partition coefficient (Wildman–Crippen LogP) is 0.742. The quantitative estimate of drug-likeness (QED) is 0.721. The first kappa shape index (κ1) is 16.0. The van der Waals surface area contributed by atoms with E-state index in [1.165, 1.54) is 0 Å². The average molecular weight is 294 g/mol. The summed E-state index contributed by atoms with van der Waals surface area (Å²) in [6.45, 7) is 4.61. The number of nitrogens with one attached hydrogen (secondary N) is 1. The summed E-state index contributed by atoms with van der Waals surface area (Å²) in [7, 11) is 0. The molecule has 118 valence electrons. The number of amides is 1. The fraction of sp³-hybridized carbons (Fsp3) is 0.733. The van der Waals surface area contributed by atoms with Crippen LogP contribution in [0.15, 0.2) is 6.20 Å². The summed E-state index contributed by atoms with van der Waals surface area (Å²) in [6.07, 6.45) is 5.56. The Morgan fingerprint density at radius 3 is 3.10 bits per heavy atom. The van der Waals surface area contributed by atoms with Crippen LogP contribution in [0.4, 0.5) is 0 Å². The zero-order valence-corrected chi connectivity index (χ0v) is 12.9. The maximum Gasteiger partial charge on any atom is 0.237 e. The first-order valence-corrected chi connectivity index (χ1v) is 7.79. The smallest absolute Gasteiger partial charge is 0.237 e. The molecule has 6 nitrogen and oxygen atoms in total. The first-order valence-electron chi connectivity index (χ1n) is 7.79. The van der Waals surface area contributed by atoms with E-state index < -0.39 is 6.04 Å². The third-order valence-corrected chi connectivity index (χ3v) is 4.45. The molecule has 1 aromatic heterocycles. The number of carbonyl (C=O) groups is 1. The van der Waals surface area contributed by atoms with Crippen LogP contribution in [0.5, 0.6) is 0 Å². The highest BCUT2D eigenvalue weighted by atomic mass is 16.3. The lowest BCUT2D eigenvalue weighted by Crippen LogP contribution is -2.46. The van der Waals surface area contributed by atoms with Crippen LogP contribution in [-0.4, -0.2) is 33.4 Å². The first-order chi connectivity index (χ1) is 10.1. The zero-order chi connectivity index (χ0) is 15.4. The largest absolute Gasteiger partial charge is 0.394 e. The van der Waals surface area contributed by atoms with Crippen molar-refractivity contribution >= 4 is 5.91 Å². The molecule has 1 aliphatic carbocycles. The van der Waals surface area contributed by atoms with Crippen LogP contribution in [0.25, 0.3) is 0 Å². The van der Waals surface area contributed by atoms with Crippen molar-refractivity contribution in [3.05, 3.63) is 17.5 Å². The molecular formula is C15H26N4O2. The topological polar surface area (TPSA) is 93.2 Å². The van der Waals surface area contributed by atoms with E-state index in [-0.39, 0.29) is 24.5 Å². The molecule has 0 aromatic carbocycles. The van der Waals surface area contributed by atoms with Crippen LogP contribution in [0.3, 0.4) is 0 Å². The van der Waals surface area contributed by atoms with Crippen molar-refractivity contribution in [1.29, 1.82) is 0 Å². The minimum Gasteiger partial charge on any atom is -0.394 e. The Bertz CT molecular complexity index is 486. The molecule has 0 radical (unpaired) electrons. The molecule has 0 fully saturated rings. The molecule has 1 heterocycles. The summed E-state index contributed by atoms with van der Waals surface area (Å²) in [5.74, 6) is 0.0854. The predicted molar refractivity (Wildman–Crippen MR) is 80.6 cm³/mol. The second-order valence-corrected chi connectivity index (χ2v) is 5.86. The number of hydrogen-bond donors (Lipinski definition) is 3. The molecule has 0 aliphatic heterocycles. The minimum atomic E-state index is -0.465. The zero-order valence-electron chi connectivity index (χ0n) is 12.9. The van der Waals surface area contributed by atoms with Gasteiger partial charge < -0.3 is 16.2 Å². The Morgan fingerprint density at radius 1 is 1.67 bits per heavy atom. The highest BCUT2D eigenvalue weighted by Gasteiger charge is 2.28. The van der Waals surface area contributed by atoms with Gasteiger partial charge in [0.25, 0.3) is 0 Å². The van der Waals surface area contributed by atoms with E-state index in [4.69, 9.17) is 10.8 Å². The molecule has 0 bridgehead atoms. The van der Waals surface area contributed by atoms with Gasteiger partial charge in [0, 0.05) is 11.3 Å². The lowest BCUT2D eigenvalue weighted by Gasteiger charge is -2.26. The Kier molecular flexibility index (Phi) is 5.36. The highest BCUT2D eigenvalue weighted by Crippen LogP contribution is 2.29. The van der Waals surface area contributed by atoms with Gasteiger partial charge in [-0.05, 0) is 25.2 Å². The SMILES string of the molecule is CCC(C)C(N)C(=O)NC1CCCc2c1cnn2CCO. The number of aliphatic hydroxyl groups excluding tert-OH is 1. The van der Waals surface area contributed by atoms with Crippen molar-refractivity contribution in [3.8, 4) is 0 Å². The second kappa shape index (κ2) is 7.04. The second-order valence-electron chi connectivity index (χ2n) is 5.86. The molecule has 1 aliphatic rings. The summed E-state index contributed by atoms with van der Waals surface area (Å²) < 4.78 is 1.84. The Hall–Kier alpha value is -1.40. The lowest BCUT2D eigenvalue weighted by atomic mass is 9.92. The average Bonchev–Trinajstić information content (AvgIpc) is 2.90. The van der Waals surface area contributed by atoms with Gasteiger partial charge in [-0.25, -0.2) is 0 Å². The van der Waals surface area contributed by atoms with E-state index in [1.807, 2.05) is 24.7 Å². The van der Waals surface area contributed by atoms with Crippen LogP contribution in [0.1, 0.15) is 50.4 Å². The van der Waals surface area contributed by atoms with Crippen LogP contribution >= 0.6 is 0 Å². The molecule has 0 spiro atoms. The van der Waals surface area contributed by atoms with Crippen molar-refractivity contribution in [3.63, 3.8) is 0 Å². The van der Waals surface area contributed by atoms with Gasteiger partial charge in [-0.15, -0.1) is 0 Å². The van der Waals surface area contributed by atoms with E-state index in [2.05, 4.69) is 10.4 Å². The Balaban J connectivity index is 2.08. The number of rotatable bonds is 6. The molecule has 21 heavy (non-hydrogen) atoms. The van der Waals surface area contributed by atoms with E-state index in [9.17, 15) is 4.79 Å². The van der Waals surface area contributed by atoms with E-state index in [0.717, 1.165) is 36.9 Å². The molecule has 4 N–H and O–H groups in total. The Labute approximate surface area is 125 Å². The molecule has 1 amide bonds. The lowest BCUT2D eigenvalue weighted by molar-refractivity contribution is -0.124. The normalized spacial score (nSPS) is 20.7. The summed E-state index contributed by atoms with van der Waals surface area (Å²) in [5, 5.41) is 16.4. The monoisotopic (exact) mass is 294 g/mol. The van der Waals surface area contributed by atoms with Gasteiger partial charge in [-0.2, -0.15) is 5.10 Å². The molecule has 3 unspecified atom stereocenters. The fourth-order valence-corrected chi connectivity index (χ4v) is 2.84. The van der Waals surface area contributed by atoms with Crippen LogP contribution in [-0.2, 0) is 17.8 Å². The van der Waals surface area contributed by atoms with Crippen LogP contribution in [0.2, 0.25) is 0 Å². The maximum atomic E-state index is 12.3. The minimum absolute atomic E-state index is 0.0104. The standard InChI is InChI=1S/C15H26N4O2/c1-3-10(2)14(16)15(21)18-12-5-4-6-13-11(12)9-17-19(13)7-8-20/h9-10,12,14,20H,3-8,16H2,1-2H3,(H,18,21). The van der Waals surface area contributed by atoms with E-state index >= 15 is 0 Å². The summed E-state index contributed by atoms with van der Waals surface area (Å²) >= 11 is 0. The van der Waals surface area contributed by atoms with Crippen LogP contribution < -0.4 is 11.1 Å². The van der Waals surface area contributed by atoms with E-state index in [1.54, 1.807) is 0 Å². The number of carbonyl (C=O) groups excluding carboxylic acids is 1. The number of nitrogens with two attached hydrogens (primary N) is 1. The molecule has 0 saturated heterocycles. The van der Waals surface area contributed by atoms with Crippen molar-refractivity contribution in [2.45, 2.75) is 58.2 Å². The van der Waals surface area contributed by atoms with Gasteiger partial charge in [0.2, 0.25) is 5.91 Å². The third-order valence-electron chi connectivity index (χ3n) is 4.45. The van der Waals surface area contributed by atoms with Gasteiger partial charge >= 0.3 is 0 Å². The van der Waals surface area contributed by atoms with Gasteiger partial charge in [0.1, 0.15) is 0 Å². The van der Waals surface area contributed by atoms with Crippen molar-refractivity contribution in [2.75, 3.05) is 6.61 Å². The third kappa shape index (κ3) is 3.44. The highest BCUT2D eigenvalue weighted by molar-refractivity contribution is 5.82. The number of aliphatic hydroxyl groups is 1. The molecule has 2 rings (SSSR count). The summed E-state index contributed by atoms with van der Waals surface area (Å²) in [5.41, 5.74) is 8.19. The molecular weight excluding hydrogens is 268 g/mol. The van der Waals surface area contributed by atoms with Crippen LogP contribution in [0, 0.1) is 5.92 Å². The fourth-order valence-electron chi connectivity index (χ4n) is 2.84. The molecule has 1 aromatic rings. The van der Waals surface area contributed by atoms with Gasteiger partial charge in [0.05, 0.1) is 31.4 Å². The van der Waals surface area contributed by atoms with Crippen molar-refractivity contribution < 1.29 is 9.90 Å². The maximum absolute atomic E-state index is 12.3. The number of hydrogen-bond acceptors (Lipinski definition) is 4. The summed E-state index contributed by atoms with van der Waals surface area (Å²) in [6, 6.07) is -0.475. The molecule has 0 saturated carbocycles.